The molecular weight excluding hydrogens is 498 g/mol. The molecule has 13 heteroatoms. The van der Waals surface area contributed by atoms with Crippen molar-refractivity contribution in [1.29, 1.82) is 0 Å². The minimum atomic E-state index is -5.04. The number of hydrogen-bond acceptors (Lipinski definition) is 6. The number of rotatable bonds is 6. The highest BCUT2D eigenvalue weighted by molar-refractivity contribution is 5.87. The van der Waals surface area contributed by atoms with Crippen LogP contribution in [0.4, 0.5) is 17.6 Å². The van der Waals surface area contributed by atoms with E-state index in [-0.39, 0.29) is 55.1 Å². The lowest BCUT2D eigenvalue weighted by Gasteiger charge is -2.47. The Labute approximate surface area is 212 Å². The van der Waals surface area contributed by atoms with Crippen molar-refractivity contribution in [3.63, 3.8) is 0 Å². The Morgan fingerprint density at radius 1 is 1.16 bits per heavy atom. The van der Waals surface area contributed by atoms with Crippen LogP contribution in [0.5, 0.6) is 5.75 Å². The van der Waals surface area contributed by atoms with Crippen molar-refractivity contribution in [2.75, 3.05) is 39.4 Å². The summed E-state index contributed by atoms with van der Waals surface area (Å²) in [7, 11) is 0. The number of ether oxygens (including phenoxy) is 1. The first-order chi connectivity index (χ1) is 17.5. The van der Waals surface area contributed by atoms with Gasteiger partial charge in [-0.1, -0.05) is 6.07 Å². The van der Waals surface area contributed by atoms with Gasteiger partial charge in [-0.2, -0.15) is 0 Å². The summed E-state index contributed by atoms with van der Waals surface area (Å²) in [6.45, 7) is 4.34. The molecule has 9 nitrogen and oxygen atoms in total. The molecule has 1 aromatic rings. The van der Waals surface area contributed by atoms with Crippen molar-refractivity contribution in [1.82, 2.24) is 25.3 Å². The van der Waals surface area contributed by atoms with Gasteiger partial charge in [0, 0.05) is 51.7 Å². The maximum atomic E-state index is 13.6. The van der Waals surface area contributed by atoms with Crippen LogP contribution in [0, 0.1) is 11.7 Å². The number of carbonyl (C=O) groups excluding carboxylic acids is 3. The highest BCUT2D eigenvalue weighted by atomic mass is 19.4. The predicted molar refractivity (Wildman–Crippen MR) is 123 cm³/mol. The smallest absolute Gasteiger partial charge is 0.403 e. The largest absolute Gasteiger partial charge is 0.573 e. The molecule has 0 radical (unpaired) electrons. The minimum absolute atomic E-state index is 0.0489. The van der Waals surface area contributed by atoms with Gasteiger partial charge in [-0.25, -0.2) is 4.39 Å². The first-order valence-corrected chi connectivity index (χ1v) is 12.3. The van der Waals surface area contributed by atoms with E-state index in [9.17, 15) is 31.9 Å². The molecule has 3 unspecified atom stereocenters. The van der Waals surface area contributed by atoms with Crippen LogP contribution in [0.2, 0.25) is 0 Å². The summed E-state index contributed by atoms with van der Waals surface area (Å²) in [6, 6.07) is 3.24. The van der Waals surface area contributed by atoms with Gasteiger partial charge >= 0.3 is 6.36 Å². The molecule has 4 rings (SSSR count). The number of halogens is 4. The number of alkyl halides is 3. The monoisotopic (exact) mass is 529 g/mol. The van der Waals surface area contributed by atoms with Crippen LogP contribution in [0.15, 0.2) is 18.2 Å². The molecule has 3 fully saturated rings. The van der Waals surface area contributed by atoms with Crippen molar-refractivity contribution in [2.45, 2.75) is 51.2 Å². The van der Waals surface area contributed by atoms with Crippen molar-refractivity contribution < 1.29 is 36.7 Å². The second kappa shape index (κ2) is 11.2. The third-order valence-electron chi connectivity index (χ3n) is 7.32. The van der Waals surface area contributed by atoms with E-state index in [4.69, 9.17) is 0 Å². The molecule has 3 amide bonds. The fourth-order valence-corrected chi connectivity index (χ4v) is 5.36. The molecular formula is C24H31F4N5O4. The standard InChI is InChI=1S/C24H31F4N5O4/c1-15(34)31-6-8-32(9-7-31)17-3-5-20-18(11-17)23(36)33(14-30-20)13-22(35)29-12-16-2-4-19(25)21(10-16)37-24(26,27)28/h2,4,10,17-18,20,30H,3,5-9,11-14H2,1H3,(H,29,35). The summed E-state index contributed by atoms with van der Waals surface area (Å²) in [4.78, 5) is 42.9. The number of benzene rings is 1. The summed E-state index contributed by atoms with van der Waals surface area (Å²) in [6.07, 6.45) is -2.56. The van der Waals surface area contributed by atoms with Crippen LogP contribution in [-0.4, -0.2) is 90.3 Å². The van der Waals surface area contributed by atoms with Gasteiger partial charge in [-0.15, -0.1) is 13.2 Å². The molecule has 204 valence electrons. The lowest BCUT2D eigenvalue weighted by atomic mass is 9.79. The summed E-state index contributed by atoms with van der Waals surface area (Å²) >= 11 is 0. The molecule has 0 bridgehead atoms. The number of carbonyl (C=O) groups is 3. The molecule has 1 aliphatic carbocycles. The van der Waals surface area contributed by atoms with Crippen molar-refractivity contribution in [3.8, 4) is 5.75 Å². The average molecular weight is 530 g/mol. The first-order valence-electron chi connectivity index (χ1n) is 12.3. The molecule has 3 aliphatic rings. The fourth-order valence-electron chi connectivity index (χ4n) is 5.36. The van der Waals surface area contributed by atoms with Gasteiger partial charge in [-0.3, -0.25) is 24.6 Å². The topological polar surface area (TPSA) is 94.2 Å². The van der Waals surface area contributed by atoms with Crippen LogP contribution in [0.25, 0.3) is 0 Å². The van der Waals surface area contributed by atoms with Gasteiger partial charge in [0.05, 0.1) is 12.6 Å². The summed E-state index contributed by atoms with van der Waals surface area (Å²) in [5.41, 5.74) is 0.220. The Kier molecular flexibility index (Phi) is 8.22. The number of nitrogens with one attached hydrogen (secondary N) is 2. The Morgan fingerprint density at radius 3 is 2.57 bits per heavy atom. The lowest BCUT2D eigenvalue weighted by Crippen LogP contribution is -2.62. The number of amides is 3. The minimum Gasteiger partial charge on any atom is -0.403 e. The molecule has 2 heterocycles. The normalized spacial score (nSPS) is 25.0. The zero-order valence-corrected chi connectivity index (χ0v) is 20.5. The summed E-state index contributed by atoms with van der Waals surface area (Å²) in [5.74, 6) is -2.92. The molecule has 1 aromatic carbocycles. The van der Waals surface area contributed by atoms with E-state index < -0.39 is 23.8 Å². The van der Waals surface area contributed by atoms with Crippen LogP contribution in [0.3, 0.4) is 0 Å². The molecule has 2 N–H and O–H groups in total. The molecule has 2 aliphatic heterocycles. The predicted octanol–water partition coefficient (Wildman–Crippen LogP) is 1.43. The number of piperazine rings is 1. The Bertz CT molecular complexity index is 1020. The SMILES string of the molecule is CC(=O)N1CCN(C2CCC3NCN(CC(=O)NCc4ccc(F)c(OC(F)(F)F)c4)C(=O)C3C2)CC1. The van der Waals surface area contributed by atoms with E-state index in [0.717, 1.165) is 38.1 Å². The third kappa shape index (κ3) is 6.89. The van der Waals surface area contributed by atoms with E-state index in [2.05, 4.69) is 20.3 Å². The maximum absolute atomic E-state index is 13.6. The van der Waals surface area contributed by atoms with Gasteiger partial charge in [0.25, 0.3) is 0 Å². The van der Waals surface area contributed by atoms with E-state index in [0.29, 0.717) is 19.5 Å². The van der Waals surface area contributed by atoms with Crippen LogP contribution >= 0.6 is 0 Å². The second-order valence-electron chi connectivity index (χ2n) is 9.71. The third-order valence-corrected chi connectivity index (χ3v) is 7.32. The van der Waals surface area contributed by atoms with Crippen molar-refractivity contribution in [3.05, 3.63) is 29.6 Å². The molecule has 0 spiro atoms. The van der Waals surface area contributed by atoms with Gasteiger partial charge in [0.15, 0.2) is 11.6 Å². The van der Waals surface area contributed by atoms with Crippen LogP contribution in [-0.2, 0) is 20.9 Å². The van der Waals surface area contributed by atoms with Gasteiger partial charge in [0.1, 0.15) is 6.54 Å². The molecule has 2 saturated heterocycles. The van der Waals surface area contributed by atoms with Crippen LogP contribution < -0.4 is 15.4 Å². The van der Waals surface area contributed by atoms with E-state index in [1.54, 1.807) is 6.92 Å². The van der Waals surface area contributed by atoms with E-state index >= 15 is 0 Å². The van der Waals surface area contributed by atoms with Crippen LogP contribution in [0.1, 0.15) is 31.7 Å². The fraction of sp³-hybridized carbons (Fsp3) is 0.625. The van der Waals surface area contributed by atoms with E-state index in [1.807, 2.05) is 4.90 Å². The maximum Gasteiger partial charge on any atom is 0.573 e. The Hall–Kier alpha value is -2.93. The molecule has 1 saturated carbocycles. The second-order valence-corrected chi connectivity index (χ2v) is 9.71. The van der Waals surface area contributed by atoms with Gasteiger partial charge in [0.2, 0.25) is 17.7 Å². The summed E-state index contributed by atoms with van der Waals surface area (Å²) < 4.78 is 54.6. The first kappa shape index (κ1) is 27.1. The number of hydrogen-bond donors (Lipinski definition) is 2. The average Bonchev–Trinajstić information content (AvgIpc) is 2.85. The van der Waals surface area contributed by atoms with E-state index in [1.165, 1.54) is 11.0 Å². The zero-order chi connectivity index (χ0) is 26.7. The number of nitrogens with zero attached hydrogens (tertiary/aromatic N) is 3. The number of fused-ring (bicyclic) bond motifs is 1. The highest BCUT2D eigenvalue weighted by Gasteiger charge is 2.42. The van der Waals surface area contributed by atoms with Crippen molar-refractivity contribution in [2.24, 2.45) is 5.92 Å². The Morgan fingerprint density at radius 2 is 1.89 bits per heavy atom. The summed E-state index contributed by atoms with van der Waals surface area (Å²) in [5, 5.41) is 5.91. The molecule has 37 heavy (non-hydrogen) atoms. The highest BCUT2D eigenvalue weighted by Crippen LogP contribution is 2.32. The molecule has 0 aromatic heterocycles. The van der Waals surface area contributed by atoms with Gasteiger partial charge < -0.3 is 19.9 Å². The lowest BCUT2D eigenvalue weighted by molar-refractivity contribution is -0.275. The quantitative estimate of drug-likeness (QED) is 0.542. The molecule has 3 atom stereocenters. The van der Waals surface area contributed by atoms with Gasteiger partial charge in [-0.05, 0) is 37.0 Å². The zero-order valence-electron chi connectivity index (χ0n) is 20.5. The Balaban J connectivity index is 1.28. The van der Waals surface area contributed by atoms with Crippen molar-refractivity contribution >= 4 is 17.7 Å².